The van der Waals surface area contributed by atoms with E-state index in [4.69, 9.17) is 4.52 Å². The Hall–Kier alpha value is -3.29. The first-order valence-corrected chi connectivity index (χ1v) is 6.22. The van der Waals surface area contributed by atoms with Crippen LogP contribution in [-0.2, 0) is 0 Å². The number of hydrogen-bond donors (Lipinski definition) is 2. The Balaban J connectivity index is 1.80. The fourth-order valence-corrected chi connectivity index (χ4v) is 1.78. The summed E-state index contributed by atoms with van der Waals surface area (Å²) < 4.78 is 18.6. The van der Waals surface area contributed by atoms with E-state index < -0.39 is 17.3 Å². The highest BCUT2D eigenvalue weighted by atomic mass is 19.1. The van der Waals surface area contributed by atoms with Gasteiger partial charge in [-0.3, -0.25) is 14.9 Å². The highest BCUT2D eigenvalue weighted by Gasteiger charge is 2.14. The van der Waals surface area contributed by atoms with Gasteiger partial charge in [0.05, 0.1) is 0 Å². The van der Waals surface area contributed by atoms with E-state index in [0.29, 0.717) is 0 Å². The van der Waals surface area contributed by atoms with E-state index in [0.717, 1.165) is 0 Å². The predicted octanol–water partition coefficient (Wildman–Crippen LogP) is 1.82. The van der Waals surface area contributed by atoms with Crippen molar-refractivity contribution in [2.75, 3.05) is 5.32 Å². The summed E-state index contributed by atoms with van der Waals surface area (Å²) in [5.74, 6) is -1.00. The van der Waals surface area contributed by atoms with E-state index in [-0.39, 0.29) is 22.8 Å². The van der Waals surface area contributed by atoms with Gasteiger partial charge in [0.1, 0.15) is 17.2 Å². The van der Waals surface area contributed by atoms with Crippen molar-refractivity contribution in [1.82, 2.24) is 15.4 Å². The summed E-state index contributed by atoms with van der Waals surface area (Å²) in [7, 11) is 0. The van der Waals surface area contributed by atoms with Gasteiger partial charge < -0.3 is 4.52 Å². The largest absolute Gasteiger partial charge is 0.338 e. The number of amides is 1. The number of carbonyl (C=O) groups is 1. The molecular formula is C14H9FN4O3. The van der Waals surface area contributed by atoms with Gasteiger partial charge in [0.15, 0.2) is 0 Å². The smallest absolute Gasteiger partial charge is 0.278 e. The van der Waals surface area contributed by atoms with Crippen LogP contribution in [-0.4, -0.2) is 21.3 Å². The maximum absolute atomic E-state index is 13.6. The van der Waals surface area contributed by atoms with Crippen molar-refractivity contribution in [2.45, 2.75) is 0 Å². The molecule has 3 rings (SSSR count). The lowest BCUT2D eigenvalue weighted by Crippen LogP contribution is -2.17. The summed E-state index contributed by atoms with van der Waals surface area (Å²) >= 11 is 0. The molecule has 0 atom stereocenters. The average Bonchev–Trinajstić information content (AvgIpc) is 2.96. The fraction of sp³-hybridized carbons (Fsp3) is 0. The summed E-state index contributed by atoms with van der Waals surface area (Å²) in [4.78, 5) is 22.8. The molecule has 0 saturated heterocycles. The highest BCUT2D eigenvalue weighted by Crippen LogP contribution is 2.24. The Morgan fingerprint density at radius 2 is 2.05 bits per heavy atom. The van der Waals surface area contributed by atoms with Crippen LogP contribution in [0.2, 0.25) is 0 Å². The van der Waals surface area contributed by atoms with Gasteiger partial charge in [0.25, 0.3) is 11.5 Å². The molecule has 0 spiro atoms. The first-order chi connectivity index (χ1) is 10.6. The summed E-state index contributed by atoms with van der Waals surface area (Å²) in [6.07, 6.45) is 0. The lowest BCUT2D eigenvalue weighted by molar-refractivity contribution is 0.101. The topological polar surface area (TPSA) is 101 Å². The first-order valence-electron chi connectivity index (χ1n) is 6.22. The first kappa shape index (κ1) is 13.7. The standard InChI is InChI=1S/C14H9FN4O3/c15-9-4-2-1-3-8(9)11-7-13(22-19-11)16-14(21)10-5-6-12(20)18-17-10/h1-7H,(H,16,21)(H,18,20). The van der Waals surface area contributed by atoms with Crippen molar-refractivity contribution in [3.8, 4) is 11.3 Å². The van der Waals surface area contributed by atoms with Crippen LogP contribution in [0.3, 0.4) is 0 Å². The van der Waals surface area contributed by atoms with E-state index in [2.05, 4.69) is 20.7 Å². The molecule has 2 N–H and O–H groups in total. The van der Waals surface area contributed by atoms with Crippen LogP contribution in [0.1, 0.15) is 10.5 Å². The molecule has 8 heteroatoms. The van der Waals surface area contributed by atoms with E-state index in [1.54, 1.807) is 18.2 Å². The molecule has 0 aliphatic rings. The summed E-state index contributed by atoms with van der Waals surface area (Å²) in [6.45, 7) is 0. The Kier molecular flexibility index (Phi) is 3.48. The molecule has 7 nitrogen and oxygen atoms in total. The van der Waals surface area contributed by atoms with Crippen molar-refractivity contribution >= 4 is 11.8 Å². The molecule has 3 aromatic rings. The number of rotatable bonds is 3. The zero-order valence-corrected chi connectivity index (χ0v) is 11.0. The van der Waals surface area contributed by atoms with Gasteiger partial charge >= 0.3 is 0 Å². The SMILES string of the molecule is O=C(Nc1cc(-c2ccccc2F)no1)c1ccc(=O)[nH]n1. The van der Waals surface area contributed by atoms with Crippen LogP contribution in [0.5, 0.6) is 0 Å². The van der Waals surface area contributed by atoms with Gasteiger partial charge in [-0.2, -0.15) is 5.10 Å². The minimum atomic E-state index is -0.590. The molecule has 0 fully saturated rings. The van der Waals surface area contributed by atoms with E-state index >= 15 is 0 Å². The Bertz CT molecular complexity index is 867. The fourth-order valence-electron chi connectivity index (χ4n) is 1.78. The molecule has 22 heavy (non-hydrogen) atoms. The Labute approximate surface area is 122 Å². The highest BCUT2D eigenvalue weighted by molar-refractivity contribution is 6.02. The number of halogens is 1. The van der Waals surface area contributed by atoms with Crippen LogP contribution in [0, 0.1) is 5.82 Å². The molecule has 0 saturated carbocycles. The second-order valence-corrected chi connectivity index (χ2v) is 4.32. The summed E-state index contributed by atoms with van der Waals surface area (Å²) in [6, 6.07) is 9.89. The minimum absolute atomic E-state index is 0.00319. The maximum Gasteiger partial charge on any atom is 0.278 e. The van der Waals surface area contributed by atoms with Crippen LogP contribution >= 0.6 is 0 Å². The van der Waals surface area contributed by atoms with Crippen molar-refractivity contribution < 1.29 is 13.7 Å². The van der Waals surface area contributed by atoms with Crippen molar-refractivity contribution in [3.05, 3.63) is 64.3 Å². The number of aromatic nitrogens is 3. The lowest BCUT2D eigenvalue weighted by atomic mass is 10.1. The molecule has 0 bridgehead atoms. The van der Waals surface area contributed by atoms with E-state index in [1.165, 1.54) is 24.3 Å². The maximum atomic E-state index is 13.6. The molecular weight excluding hydrogens is 291 g/mol. The van der Waals surface area contributed by atoms with Gasteiger partial charge in [0, 0.05) is 17.7 Å². The number of nitrogens with zero attached hydrogens (tertiary/aromatic N) is 2. The van der Waals surface area contributed by atoms with Gasteiger partial charge in [-0.25, -0.2) is 9.49 Å². The lowest BCUT2D eigenvalue weighted by Gasteiger charge is -1.98. The number of H-pyrrole nitrogens is 1. The average molecular weight is 300 g/mol. The van der Waals surface area contributed by atoms with Crippen LogP contribution in [0.15, 0.2) is 51.8 Å². The Morgan fingerprint density at radius 1 is 1.23 bits per heavy atom. The Morgan fingerprint density at radius 3 is 2.77 bits per heavy atom. The summed E-state index contributed by atoms with van der Waals surface area (Å²) in [5.41, 5.74) is 0.0956. The van der Waals surface area contributed by atoms with Crippen molar-refractivity contribution in [3.63, 3.8) is 0 Å². The third-order valence-corrected chi connectivity index (χ3v) is 2.81. The third kappa shape index (κ3) is 2.75. The monoisotopic (exact) mass is 300 g/mol. The molecule has 2 aromatic heterocycles. The van der Waals surface area contributed by atoms with E-state index in [9.17, 15) is 14.0 Å². The van der Waals surface area contributed by atoms with Gasteiger partial charge in [-0.05, 0) is 18.2 Å². The second-order valence-electron chi connectivity index (χ2n) is 4.32. The van der Waals surface area contributed by atoms with E-state index in [1.807, 2.05) is 0 Å². The molecule has 0 unspecified atom stereocenters. The molecule has 0 aliphatic carbocycles. The van der Waals surface area contributed by atoms with Crippen LogP contribution in [0.4, 0.5) is 10.3 Å². The number of hydrogen-bond acceptors (Lipinski definition) is 5. The minimum Gasteiger partial charge on any atom is -0.338 e. The third-order valence-electron chi connectivity index (χ3n) is 2.81. The van der Waals surface area contributed by atoms with Crippen LogP contribution in [0.25, 0.3) is 11.3 Å². The molecule has 1 amide bonds. The van der Waals surface area contributed by atoms with Gasteiger partial charge in [-0.1, -0.05) is 17.3 Å². The number of anilines is 1. The predicted molar refractivity (Wildman–Crippen MR) is 74.7 cm³/mol. The molecule has 2 heterocycles. The molecule has 0 aliphatic heterocycles. The summed E-state index contributed by atoms with van der Waals surface area (Å²) in [5, 5.41) is 11.8. The second kappa shape index (κ2) is 5.60. The molecule has 1 aromatic carbocycles. The normalized spacial score (nSPS) is 10.4. The molecule has 110 valence electrons. The number of nitrogens with one attached hydrogen (secondary N) is 2. The van der Waals surface area contributed by atoms with Crippen molar-refractivity contribution in [1.29, 1.82) is 0 Å². The van der Waals surface area contributed by atoms with Gasteiger partial charge in [-0.15, -0.1) is 0 Å². The zero-order chi connectivity index (χ0) is 15.5. The number of benzene rings is 1. The van der Waals surface area contributed by atoms with Crippen LogP contribution < -0.4 is 10.9 Å². The molecule has 0 radical (unpaired) electrons. The van der Waals surface area contributed by atoms with Crippen molar-refractivity contribution in [2.24, 2.45) is 0 Å². The number of carbonyl (C=O) groups excluding carboxylic acids is 1. The van der Waals surface area contributed by atoms with Gasteiger partial charge in [0.2, 0.25) is 5.88 Å². The quantitative estimate of drug-likeness (QED) is 0.768. The zero-order valence-electron chi connectivity index (χ0n) is 11.0. The number of aromatic amines is 1.